The van der Waals surface area contributed by atoms with Gasteiger partial charge in [-0.3, -0.25) is 4.79 Å². The predicted octanol–water partition coefficient (Wildman–Crippen LogP) is 3.72. The Bertz CT molecular complexity index is 607. The first-order valence-electron chi connectivity index (χ1n) is 5.55. The molecule has 0 atom stereocenters. The highest BCUT2D eigenvalue weighted by Gasteiger charge is 2.30. The molecule has 7 heteroatoms. The van der Waals surface area contributed by atoms with E-state index in [0.717, 1.165) is 12.1 Å². The van der Waals surface area contributed by atoms with Crippen LogP contribution < -0.4 is 0 Å². The number of aryl methyl sites for hydroxylation is 1. The summed E-state index contributed by atoms with van der Waals surface area (Å²) in [4.78, 5) is 14.5. The van der Waals surface area contributed by atoms with Crippen LogP contribution in [0.25, 0.3) is 10.2 Å². The molecule has 1 heterocycles. The van der Waals surface area contributed by atoms with E-state index in [4.69, 9.17) is 5.11 Å². The van der Waals surface area contributed by atoms with E-state index in [9.17, 15) is 18.0 Å². The molecule has 1 aromatic heterocycles. The summed E-state index contributed by atoms with van der Waals surface area (Å²) in [6, 6.07) is 3.45. The number of rotatable bonds is 4. The maximum atomic E-state index is 12.5. The van der Waals surface area contributed by atoms with E-state index < -0.39 is 17.7 Å². The number of fused-ring (bicyclic) bond motifs is 1. The number of alkyl halides is 3. The van der Waals surface area contributed by atoms with Crippen LogP contribution in [0.5, 0.6) is 0 Å². The van der Waals surface area contributed by atoms with Gasteiger partial charge >= 0.3 is 12.1 Å². The van der Waals surface area contributed by atoms with Crippen LogP contribution in [0.4, 0.5) is 13.2 Å². The standard InChI is InChI=1S/C12H10F3NO2S/c13-12(14,15)7-4-5-9-8(6-7)16-10(19-9)2-1-3-11(17)18/h4-6H,1-3H2,(H,17,18). The smallest absolute Gasteiger partial charge is 0.416 e. The summed E-state index contributed by atoms with van der Waals surface area (Å²) in [5.74, 6) is -0.888. The van der Waals surface area contributed by atoms with Gasteiger partial charge in [-0.05, 0) is 31.0 Å². The summed E-state index contributed by atoms with van der Waals surface area (Å²) in [6.07, 6.45) is -3.45. The van der Waals surface area contributed by atoms with Crippen molar-refractivity contribution in [1.29, 1.82) is 0 Å². The largest absolute Gasteiger partial charge is 0.481 e. The summed E-state index contributed by atoms with van der Waals surface area (Å²) in [5.41, 5.74) is -0.410. The number of aliphatic carboxylic acids is 1. The third-order valence-corrected chi connectivity index (χ3v) is 3.64. The number of hydrogen-bond donors (Lipinski definition) is 1. The molecular weight excluding hydrogens is 279 g/mol. The summed E-state index contributed by atoms with van der Waals surface area (Å²) >= 11 is 1.30. The normalized spacial score (nSPS) is 11.9. The zero-order chi connectivity index (χ0) is 14.0. The first-order chi connectivity index (χ1) is 8.86. The van der Waals surface area contributed by atoms with Crippen LogP contribution in [0.15, 0.2) is 18.2 Å². The molecule has 102 valence electrons. The first-order valence-corrected chi connectivity index (χ1v) is 6.36. The van der Waals surface area contributed by atoms with Crippen LogP contribution in [0.3, 0.4) is 0 Å². The Morgan fingerprint density at radius 3 is 2.74 bits per heavy atom. The third kappa shape index (κ3) is 3.44. The lowest BCUT2D eigenvalue weighted by Crippen LogP contribution is -2.03. The van der Waals surface area contributed by atoms with Gasteiger partial charge in [0.1, 0.15) is 0 Å². The summed E-state index contributed by atoms with van der Waals surface area (Å²) in [7, 11) is 0. The Kier molecular flexibility index (Phi) is 3.75. The molecule has 0 fully saturated rings. The molecule has 2 rings (SSSR count). The number of carbonyl (C=O) groups is 1. The van der Waals surface area contributed by atoms with Crippen LogP contribution in [-0.2, 0) is 17.4 Å². The van der Waals surface area contributed by atoms with Crippen molar-refractivity contribution >= 4 is 27.5 Å². The molecule has 0 bridgehead atoms. The van der Waals surface area contributed by atoms with Crippen molar-refractivity contribution in [2.45, 2.75) is 25.4 Å². The first kappa shape index (κ1) is 13.8. The van der Waals surface area contributed by atoms with Gasteiger partial charge in [-0.25, -0.2) is 4.98 Å². The van der Waals surface area contributed by atoms with Gasteiger partial charge < -0.3 is 5.11 Å². The topological polar surface area (TPSA) is 50.2 Å². The van der Waals surface area contributed by atoms with Crippen molar-refractivity contribution in [3.8, 4) is 0 Å². The van der Waals surface area contributed by atoms with E-state index >= 15 is 0 Å². The molecule has 0 saturated heterocycles. The Labute approximate surface area is 110 Å². The highest BCUT2D eigenvalue weighted by Crippen LogP contribution is 2.33. The fraction of sp³-hybridized carbons (Fsp3) is 0.333. The second kappa shape index (κ2) is 5.16. The van der Waals surface area contributed by atoms with Crippen molar-refractivity contribution in [2.24, 2.45) is 0 Å². The Hall–Kier alpha value is -1.63. The van der Waals surface area contributed by atoms with Crippen LogP contribution in [-0.4, -0.2) is 16.1 Å². The maximum absolute atomic E-state index is 12.5. The molecular formula is C12H10F3NO2S. The molecule has 0 spiro atoms. The fourth-order valence-corrected chi connectivity index (χ4v) is 2.64. The Balaban J connectivity index is 2.18. The van der Waals surface area contributed by atoms with E-state index in [1.165, 1.54) is 17.4 Å². The molecule has 0 aliphatic heterocycles. The Morgan fingerprint density at radius 1 is 1.37 bits per heavy atom. The van der Waals surface area contributed by atoms with E-state index in [2.05, 4.69) is 4.98 Å². The van der Waals surface area contributed by atoms with E-state index in [0.29, 0.717) is 28.1 Å². The monoisotopic (exact) mass is 289 g/mol. The van der Waals surface area contributed by atoms with Gasteiger partial charge in [0.05, 0.1) is 20.8 Å². The molecule has 0 aliphatic carbocycles. The summed E-state index contributed by atoms with van der Waals surface area (Å²) < 4.78 is 38.3. The maximum Gasteiger partial charge on any atom is 0.416 e. The number of thiazole rings is 1. The zero-order valence-electron chi connectivity index (χ0n) is 9.70. The molecule has 0 radical (unpaired) electrons. The van der Waals surface area contributed by atoms with Gasteiger partial charge in [0.25, 0.3) is 0 Å². The minimum absolute atomic E-state index is 0.0315. The SMILES string of the molecule is O=C(O)CCCc1nc2cc(C(F)(F)F)ccc2s1. The minimum Gasteiger partial charge on any atom is -0.481 e. The van der Waals surface area contributed by atoms with E-state index in [-0.39, 0.29) is 6.42 Å². The van der Waals surface area contributed by atoms with Crippen molar-refractivity contribution in [3.63, 3.8) is 0 Å². The predicted molar refractivity (Wildman–Crippen MR) is 65.2 cm³/mol. The minimum atomic E-state index is -4.37. The van der Waals surface area contributed by atoms with Crippen molar-refractivity contribution in [1.82, 2.24) is 4.98 Å². The van der Waals surface area contributed by atoms with Gasteiger partial charge in [-0.2, -0.15) is 13.2 Å². The zero-order valence-corrected chi connectivity index (χ0v) is 10.5. The molecule has 1 aromatic carbocycles. The van der Waals surface area contributed by atoms with Crippen LogP contribution in [0.2, 0.25) is 0 Å². The average Bonchev–Trinajstić information content (AvgIpc) is 2.68. The van der Waals surface area contributed by atoms with Gasteiger partial charge in [0.15, 0.2) is 0 Å². The second-order valence-electron chi connectivity index (χ2n) is 4.04. The molecule has 2 aromatic rings. The molecule has 19 heavy (non-hydrogen) atoms. The highest BCUT2D eigenvalue weighted by molar-refractivity contribution is 7.18. The lowest BCUT2D eigenvalue weighted by molar-refractivity contribution is -0.138. The Morgan fingerprint density at radius 2 is 2.11 bits per heavy atom. The lowest BCUT2D eigenvalue weighted by atomic mass is 10.2. The van der Waals surface area contributed by atoms with E-state index in [1.807, 2.05) is 0 Å². The number of hydrogen-bond acceptors (Lipinski definition) is 3. The molecule has 0 amide bonds. The third-order valence-electron chi connectivity index (χ3n) is 2.54. The summed E-state index contributed by atoms with van der Waals surface area (Å²) in [6.45, 7) is 0. The van der Waals surface area contributed by atoms with Crippen molar-refractivity contribution in [2.75, 3.05) is 0 Å². The number of aromatic nitrogens is 1. The number of halogens is 3. The van der Waals surface area contributed by atoms with Gasteiger partial charge in [-0.15, -0.1) is 11.3 Å². The van der Waals surface area contributed by atoms with Crippen LogP contribution in [0.1, 0.15) is 23.4 Å². The number of carboxylic acids is 1. The van der Waals surface area contributed by atoms with E-state index in [1.54, 1.807) is 0 Å². The highest BCUT2D eigenvalue weighted by atomic mass is 32.1. The van der Waals surface area contributed by atoms with Crippen LogP contribution in [0, 0.1) is 0 Å². The van der Waals surface area contributed by atoms with Gasteiger partial charge in [-0.1, -0.05) is 0 Å². The number of benzene rings is 1. The lowest BCUT2D eigenvalue weighted by Gasteiger charge is -2.04. The molecule has 0 unspecified atom stereocenters. The van der Waals surface area contributed by atoms with Crippen molar-refractivity contribution < 1.29 is 23.1 Å². The average molecular weight is 289 g/mol. The second-order valence-corrected chi connectivity index (χ2v) is 5.15. The molecule has 1 N–H and O–H groups in total. The molecule has 0 saturated carbocycles. The number of carboxylic acid groups (broad SMARTS) is 1. The van der Waals surface area contributed by atoms with Crippen molar-refractivity contribution in [3.05, 3.63) is 28.8 Å². The van der Waals surface area contributed by atoms with Gasteiger partial charge in [0.2, 0.25) is 0 Å². The van der Waals surface area contributed by atoms with Crippen LogP contribution >= 0.6 is 11.3 Å². The quantitative estimate of drug-likeness (QED) is 0.933. The molecule has 0 aliphatic rings. The summed E-state index contributed by atoms with van der Waals surface area (Å²) in [5, 5.41) is 9.18. The van der Waals surface area contributed by atoms with Gasteiger partial charge in [0, 0.05) is 6.42 Å². The number of nitrogens with zero attached hydrogens (tertiary/aromatic N) is 1. The fourth-order valence-electron chi connectivity index (χ4n) is 1.65. The molecule has 3 nitrogen and oxygen atoms in total.